The molecule has 0 fully saturated rings. The number of hydrogen-bond acceptors (Lipinski definition) is 3. The van der Waals surface area contributed by atoms with Gasteiger partial charge in [-0.25, -0.2) is 0 Å². The lowest BCUT2D eigenvalue weighted by Crippen LogP contribution is -2.35. The van der Waals surface area contributed by atoms with E-state index in [-0.39, 0.29) is 25.0 Å². The van der Waals surface area contributed by atoms with Crippen LogP contribution in [0.25, 0.3) is 0 Å². The fourth-order valence-electron chi connectivity index (χ4n) is 1.74. The van der Waals surface area contributed by atoms with Crippen molar-refractivity contribution in [2.75, 3.05) is 18.1 Å². The van der Waals surface area contributed by atoms with E-state index in [9.17, 15) is 9.59 Å². The van der Waals surface area contributed by atoms with Crippen molar-refractivity contribution in [1.29, 1.82) is 0 Å². The van der Waals surface area contributed by atoms with Crippen LogP contribution in [0.2, 0.25) is 0 Å². The quantitative estimate of drug-likeness (QED) is 0.741. The molecule has 1 N–H and O–H groups in total. The van der Waals surface area contributed by atoms with E-state index in [1.807, 2.05) is 19.9 Å². The Morgan fingerprint density at radius 1 is 1.25 bits per heavy atom. The Bertz CT molecular complexity index is 431. The van der Waals surface area contributed by atoms with E-state index in [1.54, 1.807) is 24.3 Å². The predicted molar refractivity (Wildman–Crippen MR) is 76.8 cm³/mol. The zero-order chi connectivity index (χ0) is 15.0. The maximum absolute atomic E-state index is 12.1. The number of hydrogen-bond donors (Lipinski definition) is 1. The van der Waals surface area contributed by atoms with Gasteiger partial charge in [0.2, 0.25) is 5.91 Å². The van der Waals surface area contributed by atoms with Gasteiger partial charge in [-0.3, -0.25) is 9.59 Å². The molecule has 0 bridgehead atoms. The molecule has 0 aliphatic heterocycles. The summed E-state index contributed by atoms with van der Waals surface area (Å²) in [5, 5.41) is 8.92. The molecule has 0 aromatic heterocycles. The number of carbonyl (C=O) groups is 2. The molecule has 0 aliphatic rings. The fourth-order valence-corrected chi connectivity index (χ4v) is 1.74. The number of carboxylic acid groups (broad SMARTS) is 1. The normalized spacial score (nSPS) is 10.6. The van der Waals surface area contributed by atoms with Crippen molar-refractivity contribution < 1.29 is 19.4 Å². The molecule has 0 unspecified atom stereocenters. The van der Waals surface area contributed by atoms with Crippen LogP contribution < -0.4 is 4.90 Å². The summed E-state index contributed by atoms with van der Waals surface area (Å²) in [4.78, 5) is 24.3. The first-order valence-electron chi connectivity index (χ1n) is 6.69. The molecule has 1 aromatic carbocycles. The highest BCUT2D eigenvalue weighted by Crippen LogP contribution is 2.15. The highest BCUT2D eigenvalue weighted by molar-refractivity contribution is 5.97. The van der Waals surface area contributed by atoms with Gasteiger partial charge >= 0.3 is 5.97 Å². The second-order valence-corrected chi connectivity index (χ2v) is 4.73. The first kappa shape index (κ1) is 16.2. The standard InChI is InChI=1S/C15H21NO4/c1-12(2)20-10-6-9-14(17)16(11-15(18)19)13-7-4-3-5-8-13/h3-5,7-8,12H,6,9-11H2,1-2H3,(H,18,19). The minimum atomic E-state index is -1.03. The lowest BCUT2D eigenvalue weighted by atomic mass is 10.2. The molecule has 0 saturated heterocycles. The van der Waals surface area contributed by atoms with E-state index >= 15 is 0 Å². The van der Waals surface area contributed by atoms with Gasteiger partial charge in [-0.05, 0) is 32.4 Å². The lowest BCUT2D eigenvalue weighted by Gasteiger charge is -2.21. The third-order valence-corrected chi connectivity index (χ3v) is 2.65. The Hall–Kier alpha value is -1.88. The van der Waals surface area contributed by atoms with Gasteiger partial charge in [-0.15, -0.1) is 0 Å². The summed E-state index contributed by atoms with van der Waals surface area (Å²) < 4.78 is 5.37. The van der Waals surface area contributed by atoms with Crippen LogP contribution in [-0.2, 0) is 14.3 Å². The van der Waals surface area contributed by atoms with Gasteiger partial charge in [-0.1, -0.05) is 18.2 Å². The molecule has 0 radical (unpaired) electrons. The van der Waals surface area contributed by atoms with Crippen molar-refractivity contribution in [1.82, 2.24) is 0 Å². The monoisotopic (exact) mass is 279 g/mol. The molecule has 0 saturated carbocycles. The third kappa shape index (κ3) is 5.84. The summed E-state index contributed by atoms with van der Waals surface area (Å²) in [6, 6.07) is 8.83. The zero-order valence-corrected chi connectivity index (χ0v) is 11.9. The Balaban J connectivity index is 2.59. The Morgan fingerprint density at radius 2 is 1.90 bits per heavy atom. The first-order chi connectivity index (χ1) is 9.50. The van der Waals surface area contributed by atoms with Crippen molar-refractivity contribution in [2.45, 2.75) is 32.8 Å². The molecule has 5 nitrogen and oxygen atoms in total. The summed E-state index contributed by atoms with van der Waals surface area (Å²) in [5.41, 5.74) is 0.602. The number of carboxylic acids is 1. The largest absolute Gasteiger partial charge is 0.480 e. The van der Waals surface area contributed by atoms with Gasteiger partial charge in [0.1, 0.15) is 6.54 Å². The summed E-state index contributed by atoms with van der Waals surface area (Å²) in [7, 11) is 0. The van der Waals surface area contributed by atoms with Crippen LogP contribution in [0.3, 0.4) is 0 Å². The van der Waals surface area contributed by atoms with E-state index in [0.717, 1.165) is 0 Å². The summed E-state index contributed by atoms with van der Waals surface area (Å²) in [6.45, 7) is 4.04. The van der Waals surface area contributed by atoms with Crippen molar-refractivity contribution in [3.8, 4) is 0 Å². The molecule has 0 heterocycles. The van der Waals surface area contributed by atoms with Crippen LogP contribution in [-0.4, -0.2) is 36.2 Å². The molecule has 0 atom stereocenters. The summed E-state index contributed by atoms with van der Waals surface area (Å²) in [6.07, 6.45) is 0.990. The van der Waals surface area contributed by atoms with Crippen LogP contribution >= 0.6 is 0 Å². The van der Waals surface area contributed by atoms with E-state index in [2.05, 4.69) is 0 Å². The lowest BCUT2D eigenvalue weighted by molar-refractivity contribution is -0.136. The molecule has 1 aromatic rings. The number of carbonyl (C=O) groups excluding carboxylic acids is 1. The van der Waals surface area contributed by atoms with Crippen LogP contribution in [0.1, 0.15) is 26.7 Å². The Kier molecular flexibility index (Phi) is 6.73. The minimum absolute atomic E-state index is 0.134. The number of ether oxygens (including phenoxy) is 1. The van der Waals surface area contributed by atoms with Crippen molar-refractivity contribution in [2.24, 2.45) is 0 Å². The predicted octanol–water partition coefficient (Wildman–Crippen LogP) is 2.31. The molecular weight excluding hydrogens is 258 g/mol. The maximum atomic E-state index is 12.1. The zero-order valence-electron chi connectivity index (χ0n) is 11.9. The molecular formula is C15H21NO4. The van der Waals surface area contributed by atoms with Gasteiger partial charge in [-0.2, -0.15) is 0 Å². The van der Waals surface area contributed by atoms with Crippen LogP contribution in [0.4, 0.5) is 5.69 Å². The van der Waals surface area contributed by atoms with Crippen molar-refractivity contribution in [3.05, 3.63) is 30.3 Å². The molecule has 1 amide bonds. The second kappa shape index (κ2) is 8.32. The number of para-hydroxylation sites is 1. The second-order valence-electron chi connectivity index (χ2n) is 4.73. The maximum Gasteiger partial charge on any atom is 0.323 e. The number of benzene rings is 1. The average molecular weight is 279 g/mol. The molecule has 1 rings (SSSR count). The molecule has 5 heteroatoms. The van der Waals surface area contributed by atoms with Crippen LogP contribution in [0.15, 0.2) is 30.3 Å². The van der Waals surface area contributed by atoms with E-state index in [4.69, 9.17) is 9.84 Å². The Morgan fingerprint density at radius 3 is 2.45 bits per heavy atom. The highest BCUT2D eigenvalue weighted by Gasteiger charge is 2.18. The molecule has 0 spiro atoms. The number of nitrogens with zero attached hydrogens (tertiary/aromatic N) is 1. The number of rotatable bonds is 8. The van der Waals surface area contributed by atoms with Crippen LogP contribution in [0, 0.1) is 0 Å². The van der Waals surface area contributed by atoms with Gasteiger partial charge < -0.3 is 14.7 Å². The summed E-state index contributed by atoms with van der Waals surface area (Å²) >= 11 is 0. The molecule has 20 heavy (non-hydrogen) atoms. The third-order valence-electron chi connectivity index (χ3n) is 2.65. The van der Waals surface area contributed by atoms with Gasteiger partial charge in [0.25, 0.3) is 0 Å². The summed E-state index contributed by atoms with van der Waals surface area (Å²) in [5.74, 6) is -1.23. The van der Waals surface area contributed by atoms with E-state index in [1.165, 1.54) is 4.90 Å². The van der Waals surface area contributed by atoms with Crippen molar-refractivity contribution in [3.63, 3.8) is 0 Å². The topological polar surface area (TPSA) is 66.8 Å². The minimum Gasteiger partial charge on any atom is -0.480 e. The average Bonchev–Trinajstić information content (AvgIpc) is 2.41. The van der Waals surface area contributed by atoms with Gasteiger partial charge in [0.05, 0.1) is 6.10 Å². The van der Waals surface area contributed by atoms with Gasteiger partial charge in [0, 0.05) is 18.7 Å². The molecule has 0 aliphatic carbocycles. The first-order valence-corrected chi connectivity index (χ1v) is 6.69. The highest BCUT2D eigenvalue weighted by atomic mass is 16.5. The smallest absolute Gasteiger partial charge is 0.323 e. The Labute approximate surface area is 119 Å². The SMILES string of the molecule is CC(C)OCCCC(=O)N(CC(=O)O)c1ccccc1. The van der Waals surface area contributed by atoms with Crippen LogP contribution in [0.5, 0.6) is 0 Å². The number of amides is 1. The van der Waals surface area contributed by atoms with E-state index < -0.39 is 5.97 Å². The van der Waals surface area contributed by atoms with E-state index in [0.29, 0.717) is 18.7 Å². The number of anilines is 1. The van der Waals surface area contributed by atoms with Crippen molar-refractivity contribution >= 4 is 17.6 Å². The fraction of sp³-hybridized carbons (Fsp3) is 0.467. The molecule has 110 valence electrons. The number of aliphatic carboxylic acids is 1. The van der Waals surface area contributed by atoms with Gasteiger partial charge in [0.15, 0.2) is 0 Å².